The van der Waals surface area contributed by atoms with Gasteiger partial charge in [-0.05, 0) is 43.9 Å². The molecule has 0 spiro atoms. The van der Waals surface area contributed by atoms with E-state index in [0.717, 1.165) is 31.2 Å². The van der Waals surface area contributed by atoms with E-state index in [4.69, 9.17) is 14.2 Å². The number of carbonyl (C=O) groups excluding carboxylic acids is 2. The normalized spacial score (nSPS) is 15.8. The van der Waals surface area contributed by atoms with Crippen molar-refractivity contribution in [2.45, 2.75) is 64.0 Å². The smallest absolute Gasteiger partial charge is 0.306 e. The number of hydrogen-bond donors (Lipinski definition) is 1. The van der Waals surface area contributed by atoms with Crippen LogP contribution in [0.1, 0.15) is 51.0 Å². The molecule has 0 radical (unpaired) electrons. The minimum absolute atomic E-state index is 0.205. The van der Waals surface area contributed by atoms with Gasteiger partial charge in [0.1, 0.15) is 0 Å². The Labute approximate surface area is 155 Å². The van der Waals surface area contributed by atoms with Crippen LogP contribution in [0.4, 0.5) is 0 Å². The zero-order valence-corrected chi connectivity index (χ0v) is 15.9. The molecule has 1 N–H and O–H groups in total. The molecule has 1 aliphatic carbocycles. The first-order chi connectivity index (χ1) is 12.5. The highest BCUT2D eigenvalue weighted by molar-refractivity contribution is 5.83. The SMILES string of the molecule is COc1ccc(CCC(=O)O[C@@H](C)C(=O)NC2CCCCC2)cc1OC. The summed E-state index contributed by atoms with van der Waals surface area (Å²) in [4.78, 5) is 24.2. The van der Waals surface area contributed by atoms with E-state index < -0.39 is 6.10 Å². The molecule has 26 heavy (non-hydrogen) atoms. The summed E-state index contributed by atoms with van der Waals surface area (Å²) >= 11 is 0. The van der Waals surface area contributed by atoms with Gasteiger partial charge >= 0.3 is 5.97 Å². The van der Waals surface area contributed by atoms with Crippen LogP contribution in [-0.4, -0.2) is 38.2 Å². The van der Waals surface area contributed by atoms with Crippen LogP contribution >= 0.6 is 0 Å². The fourth-order valence-corrected chi connectivity index (χ4v) is 3.16. The highest BCUT2D eigenvalue weighted by Crippen LogP contribution is 2.28. The monoisotopic (exact) mass is 363 g/mol. The number of ether oxygens (including phenoxy) is 3. The van der Waals surface area contributed by atoms with Crippen molar-refractivity contribution in [3.8, 4) is 11.5 Å². The summed E-state index contributed by atoms with van der Waals surface area (Å²) in [5, 5.41) is 2.98. The number of amides is 1. The summed E-state index contributed by atoms with van der Waals surface area (Å²) in [6, 6.07) is 5.74. The van der Waals surface area contributed by atoms with Crippen LogP contribution in [0.5, 0.6) is 11.5 Å². The Morgan fingerprint density at radius 1 is 1.12 bits per heavy atom. The van der Waals surface area contributed by atoms with E-state index >= 15 is 0 Å². The lowest BCUT2D eigenvalue weighted by atomic mass is 9.95. The lowest BCUT2D eigenvalue weighted by Gasteiger charge is -2.24. The quantitative estimate of drug-likeness (QED) is 0.719. The molecular formula is C20H29NO5. The van der Waals surface area contributed by atoms with Crippen molar-refractivity contribution in [2.75, 3.05) is 14.2 Å². The van der Waals surface area contributed by atoms with E-state index in [1.54, 1.807) is 27.2 Å². The number of methoxy groups -OCH3 is 2. The first-order valence-corrected chi connectivity index (χ1v) is 9.24. The molecule has 0 heterocycles. The van der Waals surface area contributed by atoms with Crippen LogP contribution in [0.25, 0.3) is 0 Å². The van der Waals surface area contributed by atoms with Crippen molar-refractivity contribution >= 4 is 11.9 Å². The van der Waals surface area contributed by atoms with Crippen LogP contribution in [0.15, 0.2) is 18.2 Å². The molecule has 0 saturated heterocycles. The molecule has 2 rings (SSSR count). The van der Waals surface area contributed by atoms with Crippen molar-refractivity contribution in [3.63, 3.8) is 0 Å². The van der Waals surface area contributed by atoms with Gasteiger partial charge in [-0.1, -0.05) is 25.3 Å². The van der Waals surface area contributed by atoms with Crippen LogP contribution in [0, 0.1) is 0 Å². The van der Waals surface area contributed by atoms with E-state index in [2.05, 4.69) is 5.32 Å². The maximum Gasteiger partial charge on any atom is 0.306 e. The minimum Gasteiger partial charge on any atom is -0.493 e. The fourth-order valence-electron chi connectivity index (χ4n) is 3.16. The average Bonchev–Trinajstić information content (AvgIpc) is 2.66. The predicted molar refractivity (Wildman–Crippen MR) is 98.4 cm³/mol. The Bertz CT molecular complexity index is 610. The van der Waals surface area contributed by atoms with Crippen LogP contribution < -0.4 is 14.8 Å². The molecule has 0 aromatic heterocycles. The Morgan fingerprint density at radius 2 is 1.81 bits per heavy atom. The Hall–Kier alpha value is -2.24. The van der Waals surface area contributed by atoms with Gasteiger partial charge in [-0.3, -0.25) is 9.59 Å². The molecule has 1 amide bonds. The molecule has 1 aromatic carbocycles. The summed E-state index contributed by atoms with van der Waals surface area (Å²) in [7, 11) is 3.15. The van der Waals surface area contributed by atoms with Gasteiger partial charge in [0.15, 0.2) is 17.6 Å². The van der Waals surface area contributed by atoms with Gasteiger partial charge in [0, 0.05) is 12.5 Å². The van der Waals surface area contributed by atoms with Crippen molar-refractivity contribution in [2.24, 2.45) is 0 Å². The predicted octanol–water partition coefficient (Wildman–Crippen LogP) is 3.02. The van der Waals surface area contributed by atoms with Crippen LogP contribution in [0.2, 0.25) is 0 Å². The summed E-state index contributed by atoms with van der Waals surface area (Å²) in [5.74, 6) is 0.674. The van der Waals surface area contributed by atoms with Crippen LogP contribution in [-0.2, 0) is 20.7 Å². The molecular weight excluding hydrogens is 334 g/mol. The second-order valence-corrected chi connectivity index (χ2v) is 6.66. The van der Waals surface area contributed by atoms with E-state index in [1.165, 1.54) is 6.42 Å². The molecule has 1 atom stereocenters. The molecule has 0 bridgehead atoms. The molecule has 0 aliphatic heterocycles. The molecule has 0 unspecified atom stereocenters. The summed E-state index contributed by atoms with van der Waals surface area (Å²) in [6.07, 6.45) is 5.47. The largest absolute Gasteiger partial charge is 0.493 e. The first kappa shape index (κ1) is 20.1. The Morgan fingerprint density at radius 3 is 2.46 bits per heavy atom. The molecule has 1 aliphatic rings. The number of hydrogen-bond acceptors (Lipinski definition) is 5. The van der Waals surface area contributed by atoms with Crippen molar-refractivity contribution in [3.05, 3.63) is 23.8 Å². The highest BCUT2D eigenvalue weighted by Gasteiger charge is 2.22. The first-order valence-electron chi connectivity index (χ1n) is 9.24. The number of benzene rings is 1. The molecule has 144 valence electrons. The van der Waals surface area contributed by atoms with E-state index in [-0.39, 0.29) is 24.3 Å². The zero-order chi connectivity index (χ0) is 18.9. The van der Waals surface area contributed by atoms with E-state index in [0.29, 0.717) is 17.9 Å². The highest BCUT2D eigenvalue weighted by atomic mass is 16.5. The maximum atomic E-state index is 12.2. The van der Waals surface area contributed by atoms with Gasteiger partial charge in [0.05, 0.1) is 14.2 Å². The molecule has 1 aromatic rings. The van der Waals surface area contributed by atoms with Gasteiger partial charge < -0.3 is 19.5 Å². The van der Waals surface area contributed by atoms with Gasteiger partial charge in [-0.15, -0.1) is 0 Å². The minimum atomic E-state index is -0.769. The van der Waals surface area contributed by atoms with Crippen molar-refractivity contribution in [1.29, 1.82) is 0 Å². The van der Waals surface area contributed by atoms with Gasteiger partial charge in [0.25, 0.3) is 5.91 Å². The van der Waals surface area contributed by atoms with Crippen LogP contribution in [0.3, 0.4) is 0 Å². The standard InChI is InChI=1S/C20H29NO5/c1-14(20(23)21-16-7-5-4-6-8-16)26-19(22)12-10-15-9-11-17(24-2)18(13-15)25-3/h9,11,13-14,16H,4-8,10,12H2,1-3H3,(H,21,23)/t14-/m0/s1. The Balaban J connectivity index is 1.77. The number of nitrogens with one attached hydrogen (secondary N) is 1. The Kier molecular flexibility index (Phi) is 7.75. The summed E-state index contributed by atoms with van der Waals surface area (Å²) in [5.41, 5.74) is 0.943. The van der Waals surface area contributed by atoms with E-state index in [9.17, 15) is 9.59 Å². The number of aryl methyl sites for hydroxylation is 1. The molecule has 1 fully saturated rings. The lowest BCUT2D eigenvalue weighted by Crippen LogP contribution is -2.42. The van der Waals surface area contributed by atoms with Gasteiger partial charge in [-0.2, -0.15) is 0 Å². The maximum absolute atomic E-state index is 12.2. The zero-order valence-electron chi connectivity index (χ0n) is 15.9. The molecule has 6 heteroatoms. The third kappa shape index (κ3) is 5.93. The third-order valence-electron chi connectivity index (χ3n) is 4.69. The van der Waals surface area contributed by atoms with Crippen molar-refractivity contribution < 1.29 is 23.8 Å². The third-order valence-corrected chi connectivity index (χ3v) is 4.69. The fraction of sp³-hybridized carbons (Fsp3) is 0.600. The summed E-state index contributed by atoms with van der Waals surface area (Å²) < 4.78 is 15.7. The van der Waals surface area contributed by atoms with Crippen molar-refractivity contribution in [1.82, 2.24) is 5.32 Å². The second kappa shape index (κ2) is 10.0. The summed E-state index contributed by atoms with van der Waals surface area (Å²) in [6.45, 7) is 1.62. The number of rotatable bonds is 8. The molecule has 1 saturated carbocycles. The number of carbonyl (C=O) groups is 2. The number of esters is 1. The lowest BCUT2D eigenvalue weighted by molar-refractivity contribution is -0.155. The topological polar surface area (TPSA) is 73.9 Å². The average molecular weight is 363 g/mol. The second-order valence-electron chi connectivity index (χ2n) is 6.66. The molecule has 6 nitrogen and oxygen atoms in total. The van der Waals surface area contributed by atoms with E-state index in [1.807, 2.05) is 12.1 Å². The van der Waals surface area contributed by atoms with Gasteiger partial charge in [-0.25, -0.2) is 0 Å². The van der Waals surface area contributed by atoms with Gasteiger partial charge in [0.2, 0.25) is 0 Å².